The number of aliphatic carboxylic acids is 1. The Kier molecular flexibility index (Phi) is 3.46. The number of nitrogens with zero attached hydrogens (tertiary/aromatic N) is 2. The first-order valence-corrected chi connectivity index (χ1v) is 4.68. The van der Waals surface area contributed by atoms with Crippen LogP contribution in [0.5, 0.6) is 0 Å². The highest BCUT2D eigenvalue weighted by atomic mass is 16.4. The molecule has 1 atom stereocenters. The lowest BCUT2D eigenvalue weighted by molar-refractivity contribution is -0.138. The molecule has 80 valence electrons. The number of amides is 1. The van der Waals surface area contributed by atoms with Crippen LogP contribution in [-0.2, 0) is 9.59 Å². The van der Waals surface area contributed by atoms with Crippen molar-refractivity contribution in [1.82, 2.24) is 9.80 Å². The van der Waals surface area contributed by atoms with E-state index >= 15 is 0 Å². The number of hydrogen-bond donors (Lipinski definition) is 1. The molecule has 0 aromatic rings. The Bertz CT molecular complexity index is 242. The molecule has 0 bridgehead atoms. The van der Waals surface area contributed by atoms with E-state index < -0.39 is 5.97 Å². The maximum absolute atomic E-state index is 11.1. The molecule has 1 N–H and O–H groups in total. The Labute approximate surface area is 83.3 Å². The van der Waals surface area contributed by atoms with Crippen LogP contribution in [-0.4, -0.2) is 59.5 Å². The average molecular weight is 200 g/mol. The van der Waals surface area contributed by atoms with Crippen LogP contribution in [0, 0.1) is 0 Å². The minimum Gasteiger partial charge on any atom is -0.480 e. The number of likely N-dealkylation sites (tertiary alicyclic amines) is 1. The molecular formula is C9H16N2O3. The van der Waals surface area contributed by atoms with Crippen LogP contribution in [0.3, 0.4) is 0 Å². The SMILES string of the molecule is CC(=O)N(C)[C@H]1CCN(CC(=O)O)C1. The van der Waals surface area contributed by atoms with Crippen molar-refractivity contribution < 1.29 is 14.7 Å². The Morgan fingerprint density at radius 3 is 2.71 bits per heavy atom. The van der Waals surface area contributed by atoms with E-state index in [4.69, 9.17) is 5.11 Å². The van der Waals surface area contributed by atoms with Gasteiger partial charge in [-0.1, -0.05) is 0 Å². The Morgan fingerprint density at radius 1 is 1.57 bits per heavy atom. The highest BCUT2D eigenvalue weighted by Gasteiger charge is 2.27. The molecule has 5 nitrogen and oxygen atoms in total. The summed E-state index contributed by atoms with van der Waals surface area (Å²) < 4.78 is 0. The first kappa shape index (κ1) is 11.0. The fraction of sp³-hybridized carbons (Fsp3) is 0.778. The van der Waals surface area contributed by atoms with Crippen molar-refractivity contribution in [3.63, 3.8) is 0 Å². The van der Waals surface area contributed by atoms with Gasteiger partial charge < -0.3 is 10.0 Å². The second-order valence-corrected chi connectivity index (χ2v) is 3.70. The van der Waals surface area contributed by atoms with Gasteiger partial charge in [0, 0.05) is 33.1 Å². The third kappa shape index (κ3) is 2.70. The van der Waals surface area contributed by atoms with Crippen molar-refractivity contribution in [1.29, 1.82) is 0 Å². The third-order valence-electron chi connectivity index (χ3n) is 2.65. The third-order valence-corrected chi connectivity index (χ3v) is 2.65. The van der Waals surface area contributed by atoms with Crippen LogP contribution in [0.2, 0.25) is 0 Å². The standard InChI is InChI=1S/C9H16N2O3/c1-7(12)10(2)8-3-4-11(5-8)6-9(13)14/h8H,3-6H2,1-2H3,(H,13,14)/t8-/m0/s1. The normalized spacial score (nSPS) is 22.3. The van der Waals surface area contributed by atoms with Gasteiger partial charge in [0.1, 0.15) is 0 Å². The van der Waals surface area contributed by atoms with E-state index in [1.165, 1.54) is 6.92 Å². The number of likely N-dealkylation sites (N-methyl/N-ethyl adjacent to an activating group) is 1. The summed E-state index contributed by atoms with van der Waals surface area (Å²) >= 11 is 0. The largest absolute Gasteiger partial charge is 0.480 e. The first-order valence-electron chi connectivity index (χ1n) is 4.68. The number of carbonyl (C=O) groups is 2. The maximum atomic E-state index is 11.1. The summed E-state index contributed by atoms with van der Waals surface area (Å²) in [4.78, 5) is 25.0. The summed E-state index contributed by atoms with van der Waals surface area (Å²) in [6.45, 7) is 3.03. The van der Waals surface area contributed by atoms with Crippen LogP contribution in [0.15, 0.2) is 0 Å². The zero-order valence-electron chi connectivity index (χ0n) is 8.56. The number of rotatable bonds is 3. The molecule has 0 aliphatic carbocycles. The van der Waals surface area contributed by atoms with Crippen LogP contribution in [0.4, 0.5) is 0 Å². The summed E-state index contributed by atoms with van der Waals surface area (Å²) in [6.07, 6.45) is 0.864. The van der Waals surface area contributed by atoms with E-state index in [0.29, 0.717) is 6.54 Å². The molecule has 1 saturated heterocycles. The molecule has 0 radical (unpaired) electrons. The minimum absolute atomic E-state index is 0.0344. The van der Waals surface area contributed by atoms with Gasteiger partial charge in [-0.3, -0.25) is 14.5 Å². The number of hydrogen-bond acceptors (Lipinski definition) is 3. The molecule has 0 aromatic heterocycles. The summed E-state index contributed by atoms with van der Waals surface area (Å²) in [5.41, 5.74) is 0. The summed E-state index contributed by atoms with van der Waals surface area (Å²) in [5, 5.41) is 8.59. The molecule has 0 saturated carbocycles. The molecule has 1 heterocycles. The smallest absolute Gasteiger partial charge is 0.317 e. The average Bonchev–Trinajstić information content (AvgIpc) is 2.50. The van der Waals surface area contributed by atoms with Gasteiger partial charge in [0.05, 0.1) is 6.54 Å². The molecule has 0 aromatic carbocycles. The van der Waals surface area contributed by atoms with Gasteiger partial charge in [0.25, 0.3) is 0 Å². The molecule has 0 unspecified atom stereocenters. The molecule has 1 amide bonds. The fourth-order valence-electron chi connectivity index (χ4n) is 1.72. The highest BCUT2D eigenvalue weighted by Crippen LogP contribution is 2.13. The number of carbonyl (C=O) groups excluding carboxylic acids is 1. The maximum Gasteiger partial charge on any atom is 0.317 e. The highest BCUT2D eigenvalue weighted by molar-refractivity contribution is 5.73. The lowest BCUT2D eigenvalue weighted by Crippen LogP contribution is -2.38. The molecule has 1 aliphatic heterocycles. The molecule has 5 heteroatoms. The summed E-state index contributed by atoms with van der Waals surface area (Å²) in [5.74, 6) is -0.775. The van der Waals surface area contributed by atoms with Crippen LogP contribution >= 0.6 is 0 Å². The van der Waals surface area contributed by atoms with Gasteiger partial charge in [-0.15, -0.1) is 0 Å². The van der Waals surface area contributed by atoms with E-state index in [1.807, 2.05) is 4.90 Å². The van der Waals surface area contributed by atoms with Gasteiger partial charge in [-0.25, -0.2) is 0 Å². The van der Waals surface area contributed by atoms with Crippen LogP contribution in [0.1, 0.15) is 13.3 Å². The molecule has 14 heavy (non-hydrogen) atoms. The van der Waals surface area contributed by atoms with E-state index in [1.54, 1.807) is 11.9 Å². The van der Waals surface area contributed by atoms with Gasteiger partial charge >= 0.3 is 5.97 Å². The lowest BCUT2D eigenvalue weighted by atomic mass is 10.2. The van der Waals surface area contributed by atoms with Crippen molar-refractivity contribution in [3.05, 3.63) is 0 Å². The van der Waals surface area contributed by atoms with Gasteiger partial charge in [-0.2, -0.15) is 0 Å². The van der Waals surface area contributed by atoms with Crippen molar-refractivity contribution in [2.75, 3.05) is 26.7 Å². The van der Waals surface area contributed by atoms with Crippen LogP contribution in [0.25, 0.3) is 0 Å². The number of carboxylic acid groups (broad SMARTS) is 1. The van der Waals surface area contributed by atoms with E-state index in [9.17, 15) is 9.59 Å². The van der Waals surface area contributed by atoms with E-state index in [-0.39, 0.29) is 18.5 Å². The second kappa shape index (κ2) is 4.41. The minimum atomic E-state index is -0.809. The monoisotopic (exact) mass is 200 g/mol. The van der Waals surface area contributed by atoms with E-state index in [0.717, 1.165) is 13.0 Å². The Morgan fingerprint density at radius 2 is 2.21 bits per heavy atom. The Hall–Kier alpha value is -1.10. The zero-order valence-corrected chi connectivity index (χ0v) is 8.56. The van der Waals surface area contributed by atoms with Gasteiger partial charge in [0.2, 0.25) is 5.91 Å². The predicted molar refractivity (Wildman–Crippen MR) is 50.9 cm³/mol. The summed E-state index contributed by atoms with van der Waals surface area (Å²) in [7, 11) is 1.76. The molecular weight excluding hydrogens is 184 g/mol. The van der Waals surface area contributed by atoms with Crippen LogP contribution < -0.4 is 0 Å². The predicted octanol–water partition coefficient (Wildman–Crippen LogP) is -0.376. The van der Waals surface area contributed by atoms with Gasteiger partial charge in [0.15, 0.2) is 0 Å². The van der Waals surface area contributed by atoms with Crippen molar-refractivity contribution >= 4 is 11.9 Å². The molecule has 1 rings (SSSR count). The quantitative estimate of drug-likeness (QED) is 0.675. The van der Waals surface area contributed by atoms with Crippen molar-refractivity contribution in [3.8, 4) is 0 Å². The summed E-state index contributed by atoms with van der Waals surface area (Å²) in [6, 6.07) is 0.173. The lowest BCUT2D eigenvalue weighted by Gasteiger charge is -2.23. The fourth-order valence-corrected chi connectivity index (χ4v) is 1.72. The van der Waals surface area contributed by atoms with Crippen molar-refractivity contribution in [2.45, 2.75) is 19.4 Å². The van der Waals surface area contributed by atoms with Crippen molar-refractivity contribution in [2.24, 2.45) is 0 Å². The molecule has 1 aliphatic rings. The number of carboxylic acids is 1. The molecule has 0 spiro atoms. The first-order chi connectivity index (χ1) is 6.50. The van der Waals surface area contributed by atoms with Gasteiger partial charge in [-0.05, 0) is 6.42 Å². The second-order valence-electron chi connectivity index (χ2n) is 3.70. The Balaban J connectivity index is 2.41. The molecule has 1 fully saturated rings. The zero-order chi connectivity index (χ0) is 10.7. The van der Waals surface area contributed by atoms with E-state index in [2.05, 4.69) is 0 Å². The topological polar surface area (TPSA) is 60.9 Å².